The van der Waals surface area contributed by atoms with Gasteiger partial charge in [-0.05, 0) is 36.8 Å². The van der Waals surface area contributed by atoms with Gasteiger partial charge in [0, 0.05) is 23.2 Å². The molecule has 3 rings (SSSR count). The number of nitrogens with zero attached hydrogens (tertiary/aromatic N) is 4. The third-order valence-electron chi connectivity index (χ3n) is 3.57. The molecule has 0 radical (unpaired) electrons. The molecule has 24 heavy (non-hydrogen) atoms. The highest BCUT2D eigenvalue weighted by Crippen LogP contribution is 2.19. The van der Waals surface area contributed by atoms with Crippen LogP contribution in [0.25, 0.3) is 0 Å². The van der Waals surface area contributed by atoms with Crippen molar-refractivity contribution in [1.29, 1.82) is 0 Å². The van der Waals surface area contributed by atoms with E-state index in [0.717, 1.165) is 29.1 Å². The Balaban J connectivity index is 1.76. The van der Waals surface area contributed by atoms with Crippen LogP contribution in [0.1, 0.15) is 12.5 Å². The van der Waals surface area contributed by atoms with Gasteiger partial charge in [-0.2, -0.15) is 10.1 Å². The van der Waals surface area contributed by atoms with E-state index < -0.39 is 0 Å². The average Bonchev–Trinajstić information content (AvgIpc) is 2.63. The normalized spacial score (nSPS) is 10.4. The molecule has 0 aliphatic carbocycles. The predicted molar refractivity (Wildman–Crippen MR) is 100 cm³/mol. The van der Waals surface area contributed by atoms with Gasteiger partial charge in [0.25, 0.3) is 0 Å². The molecule has 2 aromatic carbocycles. The number of benzene rings is 2. The van der Waals surface area contributed by atoms with Crippen LogP contribution in [0.3, 0.4) is 0 Å². The first-order chi connectivity index (χ1) is 11.7. The van der Waals surface area contributed by atoms with Gasteiger partial charge in [-0.1, -0.05) is 46.3 Å². The first kappa shape index (κ1) is 16.4. The van der Waals surface area contributed by atoms with Crippen LogP contribution >= 0.6 is 15.9 Å². The van der Waals surface area contributed by atoms with Crippen molar-refractivity contribution < 1.29 is 0 Å². The van der Waals surface area contributed by atoms with Crippen LogP contribution in [0, 0.1) is 0 Å². The van der Waals surface area contributed by atoms with Crippen LogP contribution in [0.4, 0.5) is 17.5 Å². The Bertz CT molecular complexity index is 777. The maximum atomic E-state index is 4.59. The van der Waals surface area contributed by atoms with Gasteiger partial charge in [0.1, 0.15) is 0 Å². The van der Waals surface area contributed by atoms with E-state index in [9.17, 15) is 0 Å². The van der Waals surface area contributed by atoms with E-state index in [1.807, 2.05) is 42.5 Å². The molecule has 0 spiro atoms. The van der Waals surface area contributed by atoms with Crippen molar-refractivity contribution in [3.8, 4) is 0 Å². The van der Waals surface area contributed by atoms with Crippen molar-refractivity contribution in [1.82, 2.24) is 15.2 Å². The van der Waals surface area contributed by atoms with Crippen LogP contribution in [0.5, 0.6) is 0 Å². The zero-order chi connectivity index (χ0) is 16.8. The Morgan fingerprint density at radius 3 is 2.50 bits per heavy atom. The summed E-state index contributed by atoms with van der Waals surface area (Å²) in [7, 11) is 0. The van der Waals surface area contributed by atoms with E-state index in [0.29, 0.717) is 5.95 Å². The number of hydrogen-bond acceptors (Lipinski definition) is 5. The van der Waals surface area contributed by atoms with Gasteiger partial charge in [-0.25, -0.2) is 0 Å². The Kier molecular flexibility index (Phi) is 5.38. The lowest BCUT2D eigenvalue weighted by atomic mass is 10.2. The molecule has 5 nitrogen and oxygen atoms in total. The van der Waals surface area contributed by atoms with Gasteiger partial charge >= 0.3 is 0 Å². The number of halogens is 1. The molecule has 3 aromatic rings. The largest absolute Gasteiger partial charge is 0.351 e. The van der Waals surface area contributed by atoms with Crippen molar-refractivity contribution in [3.05, 3.63) is 70.8 Å². The molecule has 0 fully saturated rings. The minimum Gasteiger partial charge on any atom is -0.351 e. The monoisotopic (exact) mass is 383 g/mol. The van der Waals surface area contributed by atoms with Crippen molar-refractivity contribution in [3.63, 3.8) is 0 Å². The van der Waals surface area contributed by atoms with Gasteiger partial charge in [0.15, 0.2) is 5.82 Å². The highest BCUT2D eigenvalue weighted by molar-refractivity contribution is 9.10. The summed E-state index contributed by atoms with van der Waals surface area (Å²) in [6.07, 6.45) is 1.69. The fourth-order valence-corrected chi connectivity index (χ4v) is 2.59. The molecule has 122 valence electrons. The third-order valence-corrected chi connectivity index (χ3v) is 4.10. The summed E-state index contributed by atoms with van der Waals surface area (Å²) in [6.45, 7) is 3.73. The molecule has 6 heteroatoms. The summed E-state index contributed by atoms with van der Waals surface area (Å²) in [5.41, 5.74) is 2.16. The van der Waals surface area contributed by atoms with Crippen LogP contribution < -0.4 is 10.2 Å². The fraction of sp³-hybridized carbons (Fsp3) is 0.167. The van der Waals surface area contributed by atoms with Gasteiger partial charge in [0.2, 0.25) is 5.95 Å². The quantitative estimate of drug-likeness (QED) is 0.683. The second-order valence-electron chi connectivity index (χ2n) is 5.27. The summed E-state index contributed by atoms with van der Waals surface area (Å²) >= 11 is 3.42. The maximum Gasteiger partial charge on any atom is 0.249 e. The van der Waals surface area contributed by atoms with E-state index >= 15 is 0 Å². The minimum atomic E-state index is 0.487. The summed E-state index contributed by atoms with van der Waals surface area (Å²) in [5, 5.41) is 11.3. The first-order valence-corrected chi connectivity index (χ1v) is 8.55. The molecule has 0 saturated carbocycles. The van der Waals surface area contributed by atoms with E-state index in [4.69, 9.17) is 0 Å². The number of rotatable bonds is 6. The Hall–Kier alpha value is -2.47. The number of anilines is 3. The smallest absolute Gasteiger partial charge is 0.249 e. The summed E-state index contributed by atoms with van der Waals surface area (Å²) in [6, 6.07) is 18.2. The molecule has 0 unspecified atom stereocenters. The highest BCUT2D eigenvalue weighted by Gasteiger charge is 2.09. The van der Waals surface area contributed by atoms with Crippen LogP contribution in [-0.4, -0.2) is 21.7 Å². The van der Waals surface area contributed by atoms with Crippen molar-refractivity contribution in [2.24, 2.45) is 0 Å². The molecule has 1 aromatic heterocycles. The van der Waals surface area contributed by atoms with Crippen LogP contribution in [0.2, 0.25) is 0 Å². The molecular weight excluding hydrogens is 366 g/mol. The standard InChI is InChI=1S/C18H18BrN5/c1-2-24(13-14-6-4-3-5-7-14)17-12-20-23-18(22-17)21-16-10-8-15(19)9-11-16/h3-12H,2,13H2,1H3,(H,21,22,23). The van der Waals surface area contributed by atoms with Gasteiger partial charge in [-0.3, -0.25) is 0 Å². The van der Waals surface area contributed by atoms with Crippen molar-refractivity contribution >= 4 is 33.4 Å². The van der Waals surface area contributed by atoms with E-state index in [1.165, 1.54) is 5.56 Å². The van der Waals surface area contributed by atoms with Gasteiger partial charge in [0.05, 0.1) is 6.20 Å². The van der Waals surface area contributed by atoms with E-state index in [-0.39, 0.29) is 0 Å². The molecule has 0 saturated heterocycles. The zero-order valence-corrected chi connectivity index (χ0v) is 14.9. The lowest BCUT2D eigenvalue weighted by molar-refractivity contribution is 0.798. The fourth-order valence-electron chi connectivity index (χ4n) is 2.32. The van der Waals surface area contributed by atoms with Crippen LogP contribution in [-0.2, 0) is 6.54 Å². The van der Waals surface area contributed by atoms with Gasteiger partial charge < -0.3 is 10.2 Å². The van der Waals surface area contributed by atoms with E-state index in [1.54, 1.807) is 6.20 Å². The average molecular weight is 384 g/mol. The number of aromatic nitrogens is 3. The first-order valence-electron chi connectivity index (χ1n) is 7.76. The molecule has 1 heterocycles. The Morgan fingerprint density at radius 2 is 1.79 bits per heavy atom. The van der Waals surface area contributed by atoms with Crippen LogP contribution in [0.15, 0.2) is 65.3 Å². The molecule has 0 amide bonds. The molecule has 1 N–H and O–H groups in total. The van der Waals surface area contributed by atoms with Gasteiger partial charge in [-0.15, -0.1) is 5.10 Å². The topological polar surface area (TPSA) is 53.9 Å². The molecule has 0 atom stereocenters. The minimum absolute atomic E-state index is 0.487. The second-order valence-corrected chi connectivity index (χ2v) is 6.19. The Morgan fingerprint density at radius 1 is 1.04 bits per heavy atom. The maximum absolute atomic E-state index is 4.59. The lowest BCUT2D eigenvalue weighted by Crippen LogP contribution is -2.23. The lowest BCUT2D eigenvalue weighted by Gasteiger charge is -2.21. The van der Waals surface area contributed by atoms with Crippen molar-refractivity contribution in [2.75, 3.05) is 16.8 Å². The molecule has 0 bridgehead atoms. The third kappa shape index (κ3) is 4.29. The van der Waals surface area contributed by atoms with Crippen molar-refractivity contribution in [2.45, 2.75) is 13.5 Å². The summed E-state index contributed by atoms with van der Waals surface area (Å²) < 4.78 is 1.03. The molecule has 0 aliphatic rings. The number of nitrogens with one attached hydrogen (secondary N) is 1. The summed E-state index contributed by atoms with van der Waals surface area (Å²) in [4.78, 5) is 6.75. The predicted octanol–water partition coefficient (Wildman–Crippen LogP) is 4.40. The number of hydrogen-bond donors (Lipinski definition) is 1. The zero-order valence-electron chi connectivity index (χ0n) is 13.4. The highest BCUT2D eigenvalue weighted by atomic mass is 79.9. The second kappa shape index (κ2) is 7.88. The van der Waals surface area contributed by atoms with E-state index in [2.05, 4.69) is 60.4 Å². The Labute approximate surface area is 149 Å². The SMILES string of the molecule is CCN(Cc1ccccc1)c1cnnc(Nc2ccc(Br)cc2)n1. The summed E-state index contributed by atoms with van der Waals surface area (Å²) in [5.74, 6) is 1.29. The molecular formula is C18H18BrN5. The molecule has 0 aliphatic heterocycles.